The van der Waals surface area contributed by atoms with E-state index in [1.165, 1.54) is 0 Å². The van der Waals surface area contributed by atoms with Gasteiger partial charge in [-0.25, -0.2) is 9.59 Å². The van der Waals surface area contributed by atoms with Crippen molar-refractivity contribution in [1.82, 2.24) is 21.5 Å². The van der Waals surface area contributed by atoms with Crippen LogP contribution in [-0.2, 0) is 14.4 Å². The van der Waals surface area contributed by atoms with Gasteiger partial charge >= 0.3 is 12.0 Å². The standard InChI is InChI=1S/C14H26N6O7/c1-6(15)5-9(12(24)20-19-11(23)8(16)3-4-21)17-14(27)18-10(7(2)22)13(25)26/h7-10,21-22H,1,3-5,15-16H2,2H3,(H,19,23)(H,20,24)(H,25,26)(H2,17,18,27)/t7?,8-,9-,10-/m0/s1. The monoisotopic (exact) mass is 390 g/mol. The minimum absolute atomic E-state index is 0.0265. The Kier molecular flexibility index (Phi) is 10.4. The smallest absolute Gasteiger partial charge is 0.328 e. The summed E-state index contributed by atoms with van der Waals surface area (Å²) in [5, 5.41) is 31.1. The van der Waals surface area contributed by atoms with Crippen molar-refractivity contribution in [3.8, 4) is 0 Å². The van der Waals surface area contributed by atoms with Crippen LogP contribution in [0.15, 0.2) is 12.3 Å². The Balaban J connectivity index is 4.88. The third-order valence-electron chi connectivity index (χ3n) is 3.21. The molecule has 0 aromatic carbocycles. The van der Waals surface area contributed by atoms with E-state index in [0.717, 1.165) is 6.92 Å². The number of carbonyl (C=O) groups excluding carboxylic acids is 3. The molecule has 13 heteroatoms. The van der Waals surface area contributed by atoms with Crippen LogP contribution in [-0.4, -0.2) is 70.0 Å². The fraction of sp³-hybridized carbons (Fsp3) is 0.571. The number of aliphatic hydroxyl groups excluding tert-OH is 2. The van der Waals surface area contributed by atoms with Gasteiger partial charge < -0.3 is 37.4 Å². The summed E-state index contributed by atoms with van der Waals surface area (Å²) in [6.45, 7) is 4.24. The molecule has 0 fully saturated rings. The van der Waals surface area contributed by atoms with E-state index in [4.69, 9.17) is 21.7 Å². The predicted octanol–water partition coefficient (Wildman–Crippen LogP) is -3.79. The summed E-state index contributed by atoms with van der Waals surface area (Å²) in [6.07, 6.45) is -1.64. The SMILES string of the molecule is C=C(N)C[C@H](NC(=O)N[C@H](C(=O)O)C(C)O)C(=O)NNC(=O)[C@@H](N)CCO. The number of carboxylic acid groups (broad SMARTS) is 1. The summed E-state index contributed by atoms with van der Waals surface area (Å²) in [4.78, 5) is 46.6. The fourth-order valence-electron chi connectivity index (χ4n) is 1.77. The normalized spacial score (nSPS) is 14.8. The zero-order valence-electron chi connectivity index (χ0n) is 14.8. The number of nitrogens with two attached hydrogens (primary N) is 2. The van der Waals surface area contributed by atoms with E-state index in [1.807, 2.05) is 16.2 Å². The van der Waals surface area contributed by atoms with Gasteiger partial charge in [0.25, 0.3) is 11.8 Å². The summed E-state index contributed by atoms with van der Waals surface area (Å²) in [5.74, 6) is -3.13. The van der Waals surface area contributed by atoms with Gasteiger partial charge in [-0.15, -0.1) is 0 Å². The zero-order chi connectivity index (χ0) is 21.1. The molecule has 4 atom stereocenters. The minimum atomic E-state index is -1.61. The summed E-state index contributed by atoms with van der Waals surface area (Å²) < 4.78 is 0. The van der Waals surface area contributed by atoms with Gasteiger partial charge in [0.1, 0.15) is 6.04 Å². The molecule has 27 heavy (non-hydrogen) atoms. The van der Waals surface area contributed by atoms with Crippen LogP contribution in [0, 0.1) is 0 Å². The van der Waals surface area contributed by atoms with Crippen molar-refractivity contribution in [3.63, 3.8) is 0 Å². The van der Waals surface area contributed by atoms with Gasteiger partial charge in [0, 0.05) is 18.7 Å². The van der Waals surface area contributed by atoms with Gasteiger partial charge in [0.15, 0.2) is 6.04 Å². The maximum Gasteiger partial charge on any atom is 0.328 e. The number of nitrogens with one attached hydrogen (secondary N) is 4. The Bertz CT molecular complexity index is 568. The van der Waals surface area contributed by atoms with E-state index in [1.54, 1.807) is 0 Å². The molecule has 0 aromatic heterocycles. The molecule has 0 aliphatic carbocycles. The highest BCUT2D eigenvalue weighted by atomic mass is 16.4. The van der Waals surface area contributed by atoms with Gasteiger partial charge in [-0.05, 0) is 13.3 Å². The third kappa shape index (κ3) is 9.39. The molecular formula is C14H26N6O7. The number of hydrogen-bond acceptors (Lipinski definition) is 8. The lowest BCUT2D eigenvalue weighted by Crippen LogP contribution is -2.58. The van der Waals surface area contributed by atoms with Crippen molar-refractivity contribution in [1.29, 1.82) is 0 Å². The van der Waals surface area contributed by atoms with Gasteiger partial charge in [0.2, 0.25) is 0 Å². The first-order chi connectivity index (χ1) is 12.5. The second kappa shape index (κ2) is 11.7. The molecule has 0 aliphatic heterocycles. The molecule has 154 valence electrons. The van der Waals surface area contributed by atoms with Crippen molar-refractivity contribution < 1.29 is 34.5 Å². The summed E-state index contributed by atoms with van der Waals surface area (Å²) >= 11 is 0. The number of urea groups is 1. The highest BCUT2D eigenvalue weighted by Crippen LogP contribution is 1.99. The van der Waals surface area contributed by atoms with Gasteiger partial charge in [-0.3, -0.25) is 20.4 Å². The third-order valence-corrected chi connectivity index (χ3v) is 3.21. The molecule has 0 rings (SSSR count). The molecule has 11 N–H and O–H groups in total. The highest BCUT2D eigenvalue weighted by Gasteiger charge is 2.28. The van der Waals surface area contributed by atoms with Crippen molar-refractivity contribution in [2.24, 2.45) is 11.5 Å². The first kappa shape index (κ1) is 24.1. The largest absolute Gasteiger partial charge is 0.480 e. The van der Waals surface area contributed by atoms with E-state index < -0.39 is 48.0 Å². The molecule has 0 bridgehead atoms. The number of carboxylic acids is 1. The lowest BCUT2D eigenvalue weighted by Gasteiger charge is -2.22. The number of aliphatic hydroxyl groups is 2. The van der Waals surface area contributed by atoms with E-state index in [2.05, 4.69) is 11.9 Å². The van der Waals surface area contributed by atoms with Crippen LogP contribution in [0.5, 0.6) is 0 Å². The lowest BCUT2D eigenvalue weighted by atomic mass is 10.1. The van der Waals surface area contributed by atoms with Crippen molar-refractivity contribution in [2.75, 3.05) is 6.61 Å². The van der Waals surface area contributed by atoms with Crippen LogP contribution < -0.4 is 33.0 Å². The number of amides is 4. The average molecular weight is 390 g/mol. The number of carbonyl (C=O) groups is 4. The molecule has 0 aliphatic rings. The van der Waals surface area contributed by atoms with Gasteiger partial charge in [0.05, 0.1) is 12.1 Å². The molecule has 0 radical (unpaired) electrons. The van der Waals surface area contributed by atoms with Crippen molar-refractivity contribution >= 4 is 23.8 Å². The van der Waals surface area contributed by atoms with Crippen molar-refractivity contribution in [2.45, 2.75) is 44.0 Å². The Morgan fingerprint density at radius 1 is 1.11 bits per heavy atom. The number of aliphatic carboxylic acids is 1. The number of hydrogen-bond donors (Lipinski definition) is 9. The first-order valence-corrected chi connectivity index (χ1v) is 7.86. The average Bonchev–Trinajstić information content (AvgIpc) is 2.55. The van der Waals surface area contributed by atoms with Crippen molar-refractivity contribution in [3.05, 3.63) is 12.3 Å². The van der Waals surface area contributed by atoms with Crippen LogP contribution in [0.25, 0.3) is 0 Å². The summed E-state index contributed by atoms with van der Waals surface area (Å²) in [5.41, 5.74) is 15.0. The molecule has 0 saturated carbocycles. The van der Waals surface area contributed by atoms with Crippen LogP contribution in [0.3, 0.4) is 0 Å². The second-order valence-electron chi connectivity index (χ2n) is 5.69. The van der Waals surface area contributed by atoms with Crippen LogP contribution in [0.4, 0.5) is 4.79 Å². The van der Waals surface area contributed by atoms with E-state index in [0.29, 0.717) is 0 Å². The Hall–Kier alpha value is -2.90. The fourth-order valence-corrected chi connectivity index (χ4v) is 1.77. The van der Waals surface area contributed by atoms with Gasteiger partial charge in [-0.1, -0.05) is 6.58 Å². The minimum Gasteiger partial charge on any atom is -0.480 e. The van der Waals surface area contributed by atoms with Gasteiger partial charge in [-0.2, -0.15) is 0 Å². The highest BCUT2D eigenvalue weighted by molar-refractivity contribution is 5.91. The summed E-state index contributed by atoms with van der Waals surface area (Å²) in [7, 11) is 0. The van der Waals surface area contributed by atoms with Crippen LogP contribution >= 0.6 is 0 Å². The maximum absolute atomic E-state index is 12.1. The Morgan fingerprint density at radius 3 is 2.11 bits per heavy atom. The van der Waals surface area contributed by atoms with Crippen LogP contribution in [0.2, 0.25) is 0 Å². The molecule has 0 saturated heterocycles. The number of rotatable bonds is 10. The first-order valence-electron chi connectivity index (χ1n) is 7.86. The lowest BCUT2D eigenvalue weighted by molar-refractivity contribution is -0.141. The molecule has 1 unspecified atom stereocenters. The Labute approximate surface area is 155 Å². The zero-order valence-corrected chi connectivity index (χ0v) is 14.8. The maximum atomic E-state index is 12.1. The molecule has 4 amide bonds. The number of hydrazine groups is 1. The quantitative estimate of drug-likeness (QED) is 0.166. The van der Waals surface area contributed by atoms with E-state index in [9.17, 15) is 24.3 Å². The Morgan fingerprint density at radius 2 is 1.67 bits per heavy atom. The summed E-state index contributed by atoms with van der Waals surface area (Å²) in [6, 6.07) is -5.03. The molecule has 0 spiro atoms. The van der Waals surface area contributed by atoms with E-state index in [-0.39, 0.29) is 25.1 Å². The second-order valence-corrected chi connectivity index (χ2v) is 5.69. The molecular weight excluding hydrogens is 364 g/mol. The van der Waals surface area contributed by atoms with E-state index >= 15 is 0 Å². The molecule has 0 heterocycles. The predicted molar refractivity (Wildman–Crippen MR) is 92.5 cm³/mol. The molecule has 13 nitrogen and oxygen atoms in total. The molecule has 0 aromatic rings. The topological polar surface area (TPSA) is 229 Å². The van der Waals surface area contributed by atoms with Crippen LogP contribution in [0.1, 0.15) is 19.8 Å².